The molecule has 170 valence electrons. The molecule has 1 unspecified atom stereocenters. The number of carbonyl (C=O) groups excluding carboxylic acids is 2. The summed E-state index contributed by atoms with van der Waals surface area (Å²) in [6.45, 7) is 2.95. The number of carbonyl (C=O) groups is 2. The van der Waals surface area contributed by atoms with E-state index in [1.54, 1.807) is 17.0 Å². The molecule has 4 rings (SSSR count). The zero-order valence-electron chi connectivity index (χ0n) is 18.8. The van der Waals surface area contributed by atoms with Crippen LogP contribution in [0.25, 0.3) is 0 Å². The van der Waals surface area contributed by atoms with Crippen molar-refractivity contribution in [2.24, 2.45) is 0 Å². The lowest BCUT2D eigenvalue weighted by Crippen LogP contribution is -2.43. The zero-order valence-corrected chi connectivity index (χ0v) is 18.8. The standard InChI is InChI=1S/C26H33N3O3/c1-2-32-24-13-7-6-11-22(24)26(31)29-18-8-12-23(29)25(30)28-21-16-14-20(15-17-21)27-19-9-4-3-5-10-19/h6-7,11,13-17,19,23,27H,2-5,8-10,12,18H2,1H3,(H,28,30). The normalized spacial score (nSPS) is 18.9. The SMILES string of the molecule is CCOc1ccccc1C(=O)N1CCCC1C(=O)Nc1ccc(NC2CCCCC2)cc1. The fourth-order valence-electron chi connectivity index (χ4n) is 4.72. The van der Waals surface area contributed by atoms with E-state index in [0.717, 1.165) is 17.8 Å². The lowest BCUT2D eigenvalue weighted by atomic mass is 9.95. The van der Waals surface area contributed by atoms with Gasteiger partial charge in [-0.25, -0.2) is 0 Å². The molecule has 1 aliphatic heterocycles. The maximum Gasteiger partial charge on any atom is 0.258 e. The van der Waals surface area contributed by atoms with Crippen LogP contribution in [0, 0.1) is 0 Å². The topological polar surface area (TPSA) is 70.7 Å². The third-order valence-electron chi connectivity index (χ3n) is 6.36. The fourth-order valence-corrected chi connectivity index (χ4v) is 4.72. The largest absolute Gasteiger partial charge is 0.493 e. The Morgan fingerprint density at radius 3 is 2.41 bits per heavy atom. The van der Waals surface area contributed by atoms with Crippen molar-refractivity contribution in [3.8, 4) is 5.75 Å². The molecule has 32 heavy (non-hydrogen) atoms. The van der Waals surface area contributed by atoms with E-state index in [4.69, 9.17) is 4.74 Å². The Labute approximate surface area is 190 Å². The second-order valence-electron chi connectivity index (χ2n) is 8.63. The summed E-state index contributed by atoms with van der Waals surface area (Å²) in [7, 11) is 0. The summed E-state index contributed by atoms with van der Waals surface area (Å²) in [4.78, 5) is 27.9. The van der Waals surface area contributed by atoms with Gasteiger partial charge in [-0.3, -0.25) is 9.59 Å². The number of anilines is 2. The van der Waals surface area contributed by atoms with Crippen molar-refractivity contribution in [2.45, 2.75) is 64.0 Å². The van der Waals surface area contributed by atoms with E-state index in [1.165, 1.54) is 32.1 Å². The van der Waals surface area contributed by atoms with Crippen LogP contribution in [0.4, 0.5) is 11.4 Å². The van der Waals surface area contributed by atoms with Crippen molar-refractivity contribution in [3.63, 3.8) is 0 Å². The molecular weight excluding hydrogens is 402 g/mol. The number of likely N-dealkylation sites (tertiary alicyclic amines) is 1. The first-order chi connectivity index (χ1) is 15.7. The first kappa shape index (κ1) is 22.2. The number of amides is 2. The molecule has 0 radical (unpaired) electrons. The van der Waals surface area contributed by atoms with Crippen molar-refractivity contribution in [1.82, 2.24) is 4.90 Å². The molecule has 1 aliphatic carbocycles. The zero-order chi connectivity index (χ0) is 22.3. The van der Waals surface area contributed by atoms with Crippen molar-refractivity contribution >= 4 is 23.2 Å². The number of hydrogen-bond donors (Lipinski definition) is 2. The summed E-state index contributed by atoms with van der Waals surface area (Å²) in [5.41, 5.74) is 2.34. The Hall–Kier alpha value is -3.02. The minimum absolute atomic E-state index is 0.141. The maximum atomic E-state index is 13.2. The van der Waals surface area contributed by atoms with Gasteiger partial charge in [-0.05, 0) is 69.0 Å². The van der Waals surface area contributed by atoms with Crippen molar-refractivity contribution < 1.29 is 14.3 Å². The Morgan fingerprint density at radius 2 is 1.66 bits per heavy atom. The van der Waals surface area contributed by atoms with Gasteiger partial charge >= 0.3 is 0 Å². The van der Waals surface area contributed by atoms with Crippen molar-refractivity contribution in [1.29, 1.82) is 0 Å². The lowest BCUT2D eigenvalue weighted by molar-refractivity contribution is -0.119. The Bertz CT molecular complexity index is 922. The van der Waals surface area contributed by atoms with E-state index in [1.807, 2.05) is 43.3 Å². The highest BCUT2D eigenvalue weighted by Gasteiger charge is 2.35. The van der Waals surface area contributed by atoms with Gasteiger partial charge in [0, 0.05) is 24.0 Å². The van der Waals surface area contributed by atoms with Gasteiger partial charge in [-0.1, -0.05) is 31.4 Å². The minimum Gasteiger partial charge on any atom is -0.493 e. The lowest BCUT2D eigenvalue weighted by Gasteiger charge is -2.25. The van der Waals surface area contributed by atoms with Crippen LogP contribution in [0.3, 0.4) is 0 Å². The van der Waals surface area contributed by atoms with Crippen LogP contribution >= 0.6 is 0 Å². The van der Waals surface area contributed by atoms with E-state index < -0.39 is 6.04 Å². The van der Waals surface area contributed by atoms with Crippen molar-refractivity contribution in [2.75, 3.05) is 23.8 Å². The Balaban J connectivity index is 1.39. The molecule has 6 nitrogen and oxygen atoms in total. The van der Waals surface area contributed by atoms with Crippen LogP contribution in [0.1, 0.15) is 62.2 Å². The molecule has 2 N–H and O–H groups in total. The van der Waals surface area contributed by atoms with Gasteiger partial charge in [-0.15, -0.1) is 0 Å². The van der Waals surface area contributed by atoms with E-state index in [-0.39, 0.29) is 11.8 Å². The first-order valence-electron chi connectivity index (χ1n) is 11.9. The van der Waals surface area contributed by atoms with E-state index in [0.29, 0.717) is 36.9 Å². The molecule has 2 aliphatic rings. The smallest absolute Gasteiger partial charge is 0.258 e. The number of nitrogens with one attached hydrogen (secondary N) is 2. The number of rotatable bonds is 7. The third-order valence-corrected chi connectivity index (χ3v) is 6.36. The van der Waals surface area contributed by atoms with Gasteiger partial charge in [-0.2, -0.15) is 0 Å². The average Bonchev–Trinajstić information content (AvgIpc) is 3.31. The molecule has 1 saturated carbocycles. The highest BCUT2D eigenvalue weighted by Crippen LogP contribution is 2.27. The first-order valence-corrected chi connectivity index (χ1v) is 11.9. The van der Waals surface area contributed by atoms with Gasteiger partial charge in [0.1, 0.15) is 11.8 Å². The fraction of sp³-hybridized carbons (Fsp3) is 0.462. The summed E-state index contributed by atoms with van der Waals surface area (Å²) < 4.78 is 5.62. The molecule has 0 aromatic heterocycles. The van der Waals surface area contributed by atoms with Gasteiger partial charge in [0.15, 0.2) is 0 Å². The van der Waals surface area contributed by atoms with Crippen LogP contribution < -0.4 is 15.4 Å². The van der Waals surface area contributed by atoms with Gasteiger partial charge < -0.3 is 20.3 Å². The molecule has 2 amide bonds. The quantitative estimate of drug-likeness (QED) is 0.637. The van der Waals surface area contributed by atoms with Crippen LogP contribution in [0.15, 0.2) is 48.5 Å². The molecule has 1 saturated heterocycles. The van der Waals surface area contributed by atoms with E-state index >= 15 is 0 Å². The predicted octanol–water partition coefficient (Wildman–Crippen LogP) is 5.07. The molecule has 1 heterocycles. The minimum atomic E-state index is -0.475. The van der Waals surface area contributed by atoms with Gasteiger partial charge in [0.2, 0.25) is 5.91 Å². The summed E-state index contributed by atoms with van der Waals surface area (Å²) in [5.74, 6) is 0.267. The van der Waals surface area contributed by atoms with Crippen LogP contribution in [0.5, 0.6) is 5.75 Å². The van der Waals surface area contributed by atoms with E-state index in [2.05, 4.69) is 10.6 Å². The molecule has 6 heteroatoms. The molecule has 2 aromatic carbocycles. The number of para-hydroxylation sites is 1. The molecule has 0 spiro atoms. The number of hydrogen-bond acceptors (Lipinski definition) is 4. The van der Waals surface area contributed by atoms with Gasteiger partial charge in [0.05, 0.1) is 12.2 Å². The highest BCUT2D eigenvalue weighted by atomic mass is 16.5. The summed E-state index contributed by atoms with van der Waals surface area (Å²) in [6, 6.07) is 15.2. The Kier molecular flexibility index (Phi) is 7.30. The summed E-state index contributed by atoms with van der Waals surface area (Å²) in [5, 5.41) is 6.59. The second kappa shape index (κ2) is 10.5. The third kappa shape index (κ3) is 5.23. The number of nitrogens with zero attached hydrogens (tertiary/aromatic N) is 1. The average molecular weight is 436 g/mol. The molecule has 2 aromatic rings. The molecular formula is C26H33N3O3. The number of ether oxygens (including phenoxy) is 1. The highest BCUT2D eigenvalue weighted by molar-refractivity contribution is 6.02. The van der Waals surface area contributed by atoms with E-state index in [9.17, 15) is 9.59 Å². The maximum absolute atomic E-state index is 13.2. The van der Waals surface area contributed by atoms with Gasteiger partial charge in [0.25, 0.3) is 5.91 Å². The van der Waals surface area contributed by atoms with Crippen molar-refractivity contribution in [3.05, 3.63) is 54.1 Å². The summed E-state index contributed by atoms with van der Waals surface area (Å²) >= 11 is 0. The predicted molar refractivity (Wildman–Crippen MR) is 127 cm³/mol. The van der Waals surface area contributed by atoms with Crippen LogP contribution in [-0.4, -0.2) is 41.9 Å². The molecule has 2 fully saturated rings. The van der Waals surface area contributed by atoms with Crippen LogP contribution in [0.2, 0.25) is 0 Å². The second-order valence-corrected chi connectivity index (χ2v) is 8.63. The monoisotopic (exact) mass is 435 g/mol. The molecule has 1 atom stereocenters. The Morgan fingerprint density at radius 1 is 0.938 bits per heavy atom. The van der Waals surface area contributed by atoms with Crippen LogP contribution in [-0.2, 0) is 4.79 Å². The molecule has 0 bridgehead atoms. The number of benzene rings is 2. The summed E-state index contributed by atoms with van der Waals surface area (Å²) in [6.07, 6.45) is 7.82.